The first-order chi connectivity index (χ1) is 13.6. The summed E-state index contributed by atoms with van der Waals surface area (Å²) in [7, 11) is 0. The van der Waals surface area contributed by atoms with E-state index in [1.165, 1.54) is 23.9 Å². The topological polar surface area (TPSA) is 86.5 Å². The van der Waals surface area contributed by atoms with Crippen LogP contribution in [0, 0.1) is 0 Å². The Bertz CT molecular complexity index is 1120. The molecule has 1 aliphatic heterocycles. The highest BCUT2D eigenvalue weighted by atomic mass is 32.2. The Morgan fingerprint density at radius 1 is 1.07 bits per heavy atom. The molecule has 0 atom stereocenters. The van der Waals surface area contributed by atoms with Crippen molar-refractivity contribution in [1.82, 2.24) is 9.88 Å². The van der Waals surface area contributed by atoms with Crippen LogP contribution in [0.25, 0.3) is 11.8 Å². The zero-order chi connectivity index (χ0) is 19.5. The van der Waals surface area contributed by atoms with E-state index < -0.39 is 5.97 Å². The normalized spacial score (nSPS) is 16.5. The number of aliphatic imine (C=N–C) groups is 1. The van der Waals surface area contributed by atoms with Crippen molar-refractivity contribution in [2.45, 2.75) is 0 Å². The lowest BCUT2D eigenvalue weighted by molar-refractivity contribution is -0.255. The molecule has 0 unspecified atom stereocenters. The summed E-state index contributed by atoms with van der Waals surface area (Å²) in [5.41, 5.74) is 2.26. The molecule has 0 radical (unpaired) electrons. The molecule has 7 heteroatoms. The van der Waals surface area contributed by atoms with Crippen LogP contribution in [0.5, 0.6) is 0 Å². The fourth-order valence-electron chi connectivity index (χ4n) is 2.76. The SMILES string of the molecule is O=C1NC(=Nc2ccccc2)S/C1=C\c1cccn1-c1cccc(C(=O)[O-])c1. The fraction of sp³-hybridized carbons (Fsp3) is 0. The van der Waals surface area contributed by atoms with E-state index in [-0.39, 0.29) is 11.5 Å². The number of carbonyl (C=O) groups excluding carboxylic acids is 2. The highest BCUT2D eigenvalue weighted by Crippen LogP contribution is 2.28. The van der Waals surface area contributed by atoms with Crippen LogP contribution in [-0.4, -0.2) is 21.6 Å². The van der Waals surface area contributed by atoms with E-state index in [1.54, 1.807) is 29.0 Å². The van der Waals surface area contributed by atoms with Crippen molar-refractivity contribution in [3.05, 3.63) is 89.1 Å². The van der Waals surface area contributed by atoms with Gasteiger partial charge in [0, 0.05) is 17.6 Å². The summed E-state index contributed by atoms with van der Waals surface area (Å²) in [6, 6.07) is 19.5. The second-order valence-electron chi connectivity index (χ2n) is 5.96. The lowest BCUT2D eigenvalue weighted by atomic mass is 10.2. The van der Waals surface area contributed by atoms with Crippen LogP contribution in [0.15, 0.2) is 82.8 Å². The molecule has 2 aromatic carbocycles. The Labute approximate surface area is 165 Å². The summed E-state index contributed by atoms with van der Waals surface area (Å²) < 4.78 is 1.81. The maximum absolute atomic E-state index is 12.3. The van der Waals surface area contributed by atoms with Gasteiger partial charge in [0.15, 0.2) is 5.17 Å². The molecule has 0 spiro atoms. The van der Waals surface area contributed by atoms with Crippen molar-refractivity contribution >= 4 is 40.6 Å². The van der Waals surface area contributed by atoms with E-state index in [1.807, 2.05) is 42.5 Å². The maximum Gasteiger partial charge on any atom is 0.264 e. The standard InChI is InChI=1S/C21H15N3O3S/c25-19-18(28-21(23-19)22-15-7-2-1-3-8-15)13-17-10-5-11-24(17)16-9-4-6-14(12-16)20(26)27/h1-13H,(H,26,27)(H,22,23,25)/p-1/b18-13-. The number of carboxylic acid groups (broad SMARTS) is 1. The molecule has 1 saturated heterocycles. The summed E-state index contributed by atoms with van der Waals surface area (Å²) in [6.07, 6.45) is 3.55. The van der Waals surface area contributed by atoms with Gasteiger partial charge in [-0.3, -0.25) is 4.79 Å². The maximum atomic E-state index is 12.3. The molecule has 138 valence electrons. The lowest BCUT2D eigenvalue weighted by Gasteiger charge is -2.09. The number of carboxylic acids is 1. The third kappa shape index (κ3) is 3.74. The fourth-order valence-corrected chi connectivity index (χ4v) is 3.59. The number of hydrogen-bond donors (Lipinski definition) is 1. The predicted molar refractivity (Wildman–Crippen MR) is 107 cm³/mol. The number of nitrogens with one attached hydrogen (secondary N) is 1. The number of carbonyl (C=O) groups is 2. The smallest absolute Gasteiger partial charge is 0.264 e. The van der Waals surface area contributed by atoms with Gasteiger partial charge in [0.25, 0.3) is 5.91 Å². The number of amidine groups is 1. The molecule has 4 rings (SSSR count). The molecule has 1 amide bonds. The third-order valence-electron chi connectivity index (χ3n) is 4.06. The van der Waals surface area contributed by atoms with Gasteiger partial charge < -0.3 is 19.8 Å². The number of hydrogen-bond acceptors (Lipinski definition) is 5. The molecule has 0 bridgehead atoms. The molecule has 0 saturated carbocycles. The second kappa shape index (κ2) is 7.58. The number of para-hydroxylation sites is 1. The van der Waals surface area contributed by atoms with Gasteiger partial charge in [-0.2, -0.15) is 0 Å². The van der Waals surface area contributed by atoms with Crippen LogP contribution in [0.3, 0.4) is 0 Å². The first-order valence-corrected chi connectivity index (χ1v) is 9.25. The molecule has 1 N–H and O–H groups in total. The van der Waals surface area contributed by atoms with Crippen molar-refractivity contribution in [2.24, 2.45) is 4.99 Å². The number of rotatable bonds is 4. The Morgan fingerprint density at radius 2 is 1.89 bits per heavy atom. The van der Waals surface area contributed by atoms with Gasteiger partial charge in [0.2, 0.25) is 0 Å². The van der Waals surface area contributed by atoms with E-state index in [4.69, 9.17) is 0 Å². The van der Waals surface area contributed by atoms with Gasteiger partial charge in [0.05, 0.1) is 16.6 Å². The van der Waals surface area contributed by atoms with Crippen LogP contribution in [-0.2, 0) is 4.79 Å². The number of nitrogens with zero attached hydrogens (tertiary/aromatic N) is 2. The number of thioether (sulfide) groups is 1. The Kier molecular flexibility index (Phi) is 4.82. The number of benzene rings is 2. The van der Waals surface area contributed by atoms with Crippen molar-refractivity contribution in [3.63, 3.8) is 0 Å². The summed E-state index contributed by atoms with van der Waals surface area (Å²) in [5, 5.41) is 14.4. The molecule has 3 aromatic rings. The zero-order valence-corrected chi connectivity index (χ0v) is 15.3. The molecule has 2 heterocycles. The average molecular weight is 388 g/mol. The molecular formula is C21H14N3O3S-. The van der Waals surface area contributed by atoms with Gasteiger partial charge in [-0.05, 0) is 59.8 Å². The Balaban J connectivity index is 1.63. The molecular weight excluding hydrogens is 374 g/mol. The van der Waals surface area contributed by atoms with Crippen LogP contribution in [0.4, 0.5) is 5.69 Å². The zero-order valence-electron chi connectivity index (χ0n) is 14.5. The van der Waals surface area contributed by atoms with E-state index in [9.17, 15) is 14.7 Å². The summed E-state index contributed by atoms with van der Waals surface area (Å²) >= 11 is 1.26. The average Bonchev–Trinajstić information content (AvgIpc) is 3.29. The minimum absolute atomic E-state index is 0.0927. The number of aromatic nitrogens is 1. The Morgan fingerprint density at radius 3 is 2.68 bits per heavy atom. The highest BCUT2D eigenvalue weighted by molar-refractivity contribution is 8.18. The van der Waals surface area contributed by atoms with Gasteiger partial charge in [0.1, 0.15) is 0 Å². The number of amides is 1. The van der Waals surface area contributed by atoms with Crippen molar-refractivity contribution in [2.75, 3.05) is 0 Å². The van der Waals surface area contributed by atoms with Crippen LogP contribution < -0.4 is 10.4 Å². The quantitative estimate of drug-likeness (QED) is 0.697. The van der Waals surface area contributed by atoms with E-state index in [0.717, 1.165) is 11.4 Å². The van der Waals surface area contributed by atoms with Crippen LogP contribution in [0.2, 0.25) is 0 Å². The molecule has 1 aliphatic rings. The molecule has 6 nitrogen and oxygen atoms in total. The molecule has 28 heavy (non-hydrogen) atoms. The predicted octanol–water partition coefficient (Wildman–Crippen LogP) is 2.73. The van der Waals surface area contributed by atoms with Crippen molar-refractivity contribution in [3.8, 4) is 5.69 Å². The van der Waals surface area contributed by atoms with Gasteiger partial charge >= 0.3 is 0 Å². The first-order valence-electron chi connectivity index (χ1n) is 8.44. The van der Waals surface area contributed by atoms with E-state index >= 15 is 0 Å². The van der Waals surface area contributed by atoms with E-state index in [2.05, 4.69) is 10.3 Å². The molecule has 1 fully saturated rings. The number of aromatic carboxylic acids is 1. The lowest BCUT2D eigenvalue weighted by Crippen LogP contribution is -2.22. The minimum atomic E-state index is -1.23. The van der Waals surface area contributed by atoms with E-state index in [0.29, 0.717) is 15.8 Å². The largest absolute Gasteiger partial charge is 0.545 e. The second-order valence-corrected chi connectivity index (χ2v) is 6.99. The summed E-state index contributed by atoms with van der Waals surface area (Å²) in [6.45, 7) is 0. The van der Waals surface area contributed by atoms with Crippen molar-refractivity contribution in [1.29, 1.82) is 0 Å². The monoisotopic (exact) mass is 388 g/mol. The molecule has 1 aromatic heterocycles. The first kappa shape index (κ1) is 17.8. The Hall–Kier alpha value is -3.58. The minimum Gasteiger partial charge on any atom is -0.545 e. The molecule has 0 aliphatic carbocycles. The van der Waals surface area contributed by atoms with Gasteiger partial charge in [-0.1, -0.05) is 30.3 Å². The van der Waals surface area contributed by atoms with Crippen molar-refractivity contribution < 1.29 is 14.7 Å². The summed E-state index contributed by atoms with van der Waals surface area (Å²) in [5.74, 6) is -1.46. The van der Waals surface area contributed by atoms with Gasteiger partial charge in [-0.25, -0.2) is 4.99 Å². The van der Waals surface area contributed by atoms with Crippen LogP contribution >= 0.6 is 11.8 Å². The highest BCUT2D eigenvalue weighted by Gasteiger charge is 2.24. The summed E-state index contributed by atoms with van der Waals surface area (Å²) in [4.78, 5) is 28.4. The van der Waals surface area contributed by atoms with Crippen LogP contribution in [0.1, 0.15) is 16.1 Å². The third-order valence-corrected chi connectivity index (χ3v) is 4.97. The van der Waals surface area contributed by atoms with Gasteiger partial charge in [-0.15, -0.1) is 0 Å².